The van der Waals surface area contributed by atoms with Crippen molar-refractivity contribution in [3.05, 3.63) is 53.7 Å². The summed E-state index contributed by atoms with van der Waals surface area (Å²) in [7, 11) is 0. The highest BCUT2D eigenvalue weighted by Crippen LogP contribution is 2.19. The van der Waals surface area contributed by atoms with Crippen molar-refractivity contribution in [3.8, 4) is 0 Å². The highest BCUT2D eigenvalue weighted by atomic mass is 16.5. The summed E-state index contributed by atoms with van der Waals surface area (Å²) in [5, 5.41) is 3.46. The Hall–Kier alpha value is -1.65. The predicted molar refractivity (Wildman–Crippen MR) is 71.3 cm³/mol. The van der Waals surface area contributed by atoms with Gasteiger partial charge in [0.05, 0.1) is 24.3 Å². The molecule has 0 aromatic carbocycles. The van der Waals surface area contributed by atoms with Gasteiger partial charge in [-0.05, 0) is 37.1 Å². The molecule has 2 aromatic heterocycles. The third-order valence-electron chi connectivity index (χ3n) is 3.09. The molecule has 2 aromatic rings. The Morgan fingerprint density at radius 1 is 1.16 bits per heavy atom. The lowest BCUT2D eigenvalue weighted by atomic mass is 10.3. The molecule has 0 spiro atoms. The fraction of sp³-hybridized carbons (Fsp3) is 0.400. The number of nitrogens with one attached hydrogen (secondary N) is 1. The summed E-state index contributed by atoms with van der Waals surface area (Å²) in [5.41, 5.74) is 2.03. The second kappa shape index (κ2) is 5.99. The molecule has 19 heavy (non-hydrogen) atoms. The summed E-state index contributed by atoms with van der Waals surface area (Å²) in [4.78, 5) is 4.57. The van der Waals surface area contributed by atoms with E-state index in [1.54, 1.807) is 6.26 Å². The average Bonchev–Trinajstić information content (AvgIpc) is 3.13. The zero-order valence-corrected chi connectivity index (χ0v) is 10.8. The Morgan fingerprint density at radius 2 is 2.05 bits per heavy atom. The summed E-state index contributed by atoms with van der Waals surface area (Å²) in [6.45, 7) is 1.84. The van der Waals surface area contributed by atoms with E-state index in [0.29, 0.717) is 19.3 Å². The third kappa shape index (κ3) is 3.91. The lowest BCUT2D eigenvalue weighted by Gasteiger charge is -2.06. The molecule has 0 unspecified atom stereocenters. The second-order valence-electron chi connectivity index (χ2n) is 4.85. The molecule has 1 N–H and O–H groups in total. The van der Waals surface area contributed by atoms with Crippen LogP contribution in [0.2, 0.25) is 0 Å². The van der Waals surface area contributed by atoms with Crippen molar-refractivity contribution in [2.24, 2.45) is 0 Å². The number of furan rings is 1. The normalized spacial score (nSPS) is 14.7. The molecule has 0 aliphatic heterocycles. The molecule has 1 fully saturated rings. The van der Waals surface area contributed by atoms with Crippen molar-refractivity contribution in [1.29, 1.82) is 0 Å². The first-order valence-corrected chi connectivity index (χ1v) is 6.68. The maximum absolute atomic E-state index is 5.58. The number of hydrogen-bond acceptors (Lipinski definition) is 4. The smallest absolute Gasteiger partial charge is 0.129 e. The molecule has 0 amide bonds. The number of nitrogens with zero attached hydrogens (tertiary/aromatic N) is 1. The fourth-order valence-corrected chi connectivity index (χ4v) is 1.90. The molecule has 0 radical (unpaired) electrons. The van der Waals surface area contributed by atoms with Gasteiger partial charge in [0.2, 0.25) is 0 Å². The first-order chi connectivity index (χ1) is 9.40. The molecule has 1 saturated carbocycles. The molecule has 1 aliphatic rings. The number of ether oxygens (including phenoxy) is 1. The van der Waals surface area contributed by atoms with E-state index >= 15 is 0 Å². The van der Waals surface area contributed by atoms with Crippen LogP contribution in [0.15, 0.2) is 41.0 Å². The molecular weight excluding hydrogens is 240 g/mol. The molecule has 0 saturated heterocycles. The Labute approximate surface area is 112 Å². The summed E-state index contributed by atoms with van der Waals surface area (Å²) in [6, 6.07) is 10.5. The van der Waals surface area contributed by atoms with Gasteiger partial charge in [0.15, 0.2) is 0 Å². The van der Waals surface area contributed by atoms with Crippen LogP contribution in [-0.4, -0.2) is 11.0 Å². The van der Waals surface area contributed by atoms with Crippen LogP contribution < -0.4 is 5.32 Å². The lowest BCUT2D eigenvalue weighted by Crippen LogP contribution is -2.16. The topological polar surface area (TPSA) is 47.3 Å². The number of hydrogen-bond donors (Lipinski definition) is 1. The highest BCUT2D eigenvalue weighted by molar-refractivity contribution is 5.11. The van der Waals surface area contributed by atoms with Crippen molar-refractivity contribution >= 4 is 0 Å². The van der Waals surface area contributed by atoms with Crippen molar-refractivity contribution in [1.82, 2.24) is 10.3 Å². The molecule has 0 atom stereocenters. The largest absolute Gasteiger partial charge is 0.467 e. The van der Waals surface area contributed by atoms with Gasteiger partial charge in [0.25, 0.3) is 0 Å². The Balaban J connectivity index is 1.47. The summed E-state index contributed by atoms with van der Waals surface area (Å²) in [5.74, 6) is 0.839. The molecule has 2 heterocycles. The predicted octanol–water partition coefficient (Wildman–Crippen LogP) is 2.64. The molecule has 4 nitrogen and oxygen atoms in total. The van der Waals surface area contributed by atoms with Crippen molar-refractivity contribution in [3.63, 3.8) is 0 Å². The van der Waals surface area contributed by atoms with Gasteiger partial charge < -0.3 is 14.5 Å². The van der Waals surface area contributed by atoms with Crippen molar-refractivity contribution < 1.29 is 9.15 Å². The molecule has 4 heteroatoms. The highest BCUT2D eigenvalue weighted by Gasteiger charge is 2.20. The van der Waals surface area contributed by atoms with Gasteiger partial charge in [-0.25, -0.2) is 0 Å². The first-order valence-electron chi connectivity index (χ1n) is 6.68. The van der Waals surface area contributed by atoms with Crippen LogP contribution in [0.3, 0.4) is 0 Å². The lowest BCUT2D eigenvalue weighted by molar-refractivity contribution is 0.0905. The molecule has 3 rings (SSSR count). The van der Waals surface area contributed by atoms with Crippen LogP contribution in [0, 0.1) is 0 Å². The zero-order valence-electron chi connectivity index (χ0n) is 10.8. The minimum Gasteiger partial charge on any atom is -0.467 e. The van der Waals surface area contributed by atoms with Gasteiger partial charge in [-0.15, -0.1) is 0 Å². The van der Waals surface area contributed by atoms with E-state index in [1.165, 1.54) is 12.8 Å². The van der Waals surface area contributed by atoms with Gasteiger partial charge >= 0.3 is 0 Å². The van der Waals surface area contributed by atoms with E-state index in [-0.39, 0.29) is 0 Å². The van der Waals surface area contributed by atoms with Gasteiger partial charge in [-0.2, -0.15) is 0 Å². The van der Waals surface area contributed by atoms with E-state index < -0.39 is 0 Å². The second-order valence-corrected chi connectivity index (χ2v) is 4.85. The minimum absolute atomic E-state index is 0.485. The maximum atomic E-state index is 5.58. The molecular formula is C15H18N2O2. The van der Waals surface area contributed by atoms with Crippen LogP contribution in [-0.2, 0) is 24.5 Å². The average molecular weight is 258 g/mol. The SMILES string of the molecule is c1cc(CNC2CC2)nc(COCc2ccco2)c1. The van der Waals surface area contributed by atoms with E-state index in [4.69, 9.17) is 9.15 Å². The number of rotatable bonds is 7. The standard InChI is InChI=1S/C15H18N2O2/c1-3-13(9-16-12-6-7-12)17-14(4-1)10-18-11-15-5-2-8-19-15/h1-5,8,12,16H,6-7,9-11H2. The van der Waals surface area contributed by atoms with E-state index in [2.05, 4.69) is 10.3 Å². The quantitative estimate of drug-likeness (QED) is 0.829. The van der Waals surface area contributed by atoms with E-state index in [0.717, 1.165) is 23.7 Å². The van der Waals surface area contributed by atoms with Crippen LogP contribution in [0.5, 0.6) is 0 Å². The third-order valence-corrected chi connectivity index (χ3v) is 3.09. The summed E-state index contributed by atoms with van der Waals surface area (Å²) < 4.78 is 10.8. The van der Waals surface area contributed by atoms with E-state index in [9.17, 15) is 0 Å². The van der Waals surface area contributed by atoms with Crippen molar-refractivity contribution in [2.45, 2.75) is 38.6 Å². The zero-order chi connectivity index (χ0) is 12.9. The van der Waals surface area contributed by atoms with Gasteiger partial charge in [-0.1, -0.05) is 6.07 Å². The van der Waals surface area contributed by atoms with Gasteiger partial charge in [-0.3, -0.25) is 4.98 Å². The van der Waals surface area contributed by atoms with Crippen LogP contribution in [0.25, 0.3) is 0 Å². The number of aromatic nitrogens is 1. The molecule has 0 bridgehead atoms. The van der Waals surface area contributed by atoms with Crippen LogP contribution in [0.4, 0.5) is 0 Å². The maximum Gasteiger partial charge on any atom is 0.129 e. The summed E-state index contributed by atoms with van der Waals surface area (Å²) in [6.07, 6.45) is 4.25. The monoisotopic (exact) mass is 258 g/mol. The first kappa shape index (κ1) is 12.4. The van der Waals surface area contributed by atoms with Crippen LogP contribution >= 0.6 is 0 Å². The van der Waals surface area contributed by atoms with Gasteiger partial charge in [0, 0.05) is 12.6 Å². The van der Waals surface area contributed by atoms with Gasteiger partial charge in [0.1, 0.15) is 12.4 Å². The minimum atomic E-state index is 0.485. The Bertz CT molecular complexity index is 507. The number of pyridine rings is 1. The van der Waals surface area contributed by atoms with Crippen LogP contribution in [0.1, 0.15) is 30.0 Å². The van der Waals surface area contributed by atoms with Crippen molar-refractivity contribution in [2.75, 3.05) is 0 Å². The Kier molecular flexibility index (Phi) is 3.91. The molecule has 100 valence electrons. The summed E-state index contributed by atoms with van der Waals surface area (Å²) >= 11 is 0. The Morgan fingerprint density at radius 3 is 2.84 bits per heavy atom. The fourth-order valence-electron chi connectivity index (χ4n) is 1.90. The molecule has 1 aliphatic carbocycles. The van der Waals surface area contributed by atoms with E-state index in [1.807, 2.05) is 30.3 Å².